The van der Waals surface area contributed by atoms with Crippen LogP contribution in [0.3, 0.4) is 0 Å². The van der Waals surface area contributed by atoms with Crippen molar-refractivity contribution in [3.05, 3.63) is 17.5 Å². The third kappa shape index (κ3) is 4.99. The molecule has 0 aliphatic heterocycles. The first-order valence-corrected chi connectivity index (χ1v) is 6.12. The lowest BCUT2D eigenvalue weighted by Crippen LogP contribution is -2.34. The van der Waals surface area contributed by atoms with Gasteiger partial charge in [0.05, 0.1) is 12.2 Å². The number of likely N-dealkylation sites (N-methyl/N-ethyl adjacent to an activating group) is 1. The molecule has 0 aromatic carbocycles. The molecule has 5 nitrogen and oxygen atoms in total. The van der Waals surface area contributed by atoms with Crippen molar-refractivity contribution in [3.8, 4) is 0 Å². The molecule has 0 fully saturated rings. The largest absolute Gasteiger partial charge is 0.355 e. The minimum absolute atomic E-state index is 0.0558. The Kier molecular flexibility index (Phi) is 5.69. The summed E-state index contributed by atoms with van der Waals surface area (Å²) in [6, 6.07) is 2.06. The molecule has 0 saturated carbocycles. The maximum Gasteiger partial charge on any atom is 0.233 e. The molecule has 17 heavy (non-hydrogen) atoms. The standard InChI is InChI=1S/C12H22N4O/c1-4-13-9-12(17)14-6-5-7-16-11(3)8-10(2)15-16/h8,13H,4-7,9H2,1-3H3,(H,14,17). The van der Waals surface area contributed by atoms with Gasteiger partial charge < -0.3 is 10.6 Å². The van der Waals surface area contributed by atoms with Gasteiger partial charge in [-0.1, -0.05) is 6.92 Å². The maximum absolute atomic E-state index is 11.3. The van der Waals surface area contributed by atoms with Crippen LogP contribution in [0.5, 0.6) is 0 Å². The van der Waals surface area contributed by atoms with Gasteiger partial charge in [0.25, 0.3) is 0 Å². The Hall–Kier alpha value is -1.36. The third-order valence-electron chi connectivity index (χ3n) is 2.51. The van der Waals surface area contributed by atoms with Crippen molar-refractivity contribution in [2.75, 3.05) is 19.6 Å². The molecule has 0 bridgehead atoms. The molecule has 2 N–H and O–H groups in total. The van der Waals surface area contributed by atoms with Crippen molar-refractivity contribution >= 4 is 5.91 Å². The van der Waals surface area contributed by atoms with E-state index in [1.165, 1.54) is 5.69 Å². The van der Waals surface area contributed by atoms with Crippen LogP contribution >= 0.6 is 0 Å². The summed E-state index contributed by atoms with van der Waals surface area (Å²) < 4.78 is 1.98. The average molecular weight is 238 g/mol. The lowest BCUT2D eigenvalue weighted by molar-refractivity contribution is -0.120. The van der Waals surface area contributed by atoms with Gasteiger partial charge in [0.1, 0.15) is 0 Å². The second kappa shape index (κ2) is 7.06. The molecule has 0 aliphatic rings. The first-order chi connectivity index (χ1) is 8.13. The van der Waals surface area contributed by atoms with E-state index in [9.17, 15) is 4.79 Å². The van der Waals surface area contributed by atoms with Crippen LogP contribution in [0.25, 0.3) is 0 Å². The molecular weight excluding hydrogens is 216 g/mol. The summed E-state index contributed by atoms with van der Waals surface area (Å²) in [4.78, 5) is 11.3. The van der Waals surface area contributed by atoms with Crippen molar-refractivity contribution in [2.45, 2.75) is 33.7 Å². The number of rotatable bonds is 7. The van der Waals surface area contributed by atoms with E-state index in [2.05, 4.69) is 21.8 Å². The second-order valence-electron chi connectivity index (χ2n) is 4.13. The van der Waals surface area contributed by atoms with Crippen molar-refractivity contribution in [3.63, 3.8) is 0 Å². The molecular formula is C12H22N4O. The highest BCUT2D eigenvalue weighted by Crippen LogP contribution is 2.01. The summed E-state index contributed by atoms with van der Waals surface area (Å²) >= 11 is 0. The fourth-order valence-corrected chi connectivity index (χ4v) is 1.66. The van der Waals surface area contributed by atoms with E-state index < -0.39 is 0 Å². The van der Waals surface area contributed by atoms with E-state index in [1.54, 1.807) is 0 Å². The van der Waals surface area contributed by atoms with E-state index in [4.69, 9.17) is 0 Å². The van der Waals surface area contributed by atoms with Crippen LogP contribution in [-0.2, 0) is 11.3 Å². The average Bonchev–Trinajstić information content (AvgIpc) is 2.60. The Morgan fingerprint density at radius 1 is 1.47 bits per heavy atom. The Morgan fingerprint density at radius 3 is 2.82 bits per heavy atom. The molecule has 1 amide bonds. The molecule has 1 aromatic rings. The number of hydrogen-bond acceptors (Lipinski definition) is 3. The Morgan fingerprint density at radius 2 is 2.24 bits per heavy atom. The topological polar surface area (TPSA) is 59.0 Å². The molecule has 0 radical (unpaired) electrons. The number of carbonyl (C=O) groups is 1. The predicted molar refractivity (Wildman–Crippen MR) is 67.9 cm³/mol. The smallest absolute Gasteiger partial charge is 0.233 e. The number of carbonyl (C=O) groups excluding carboxylic acids is 1. The summed E-state index contributed by atoms with van der Waals surface area (Å²) in [5, 5.41) is 10.2. The molecule has 0 saturated heterocycles. The Balaban J connectivity index is 2.16. The zero-order valence-electron chi connectivity index (χ0n) is 10.9. The number of hydrogen-bond donors (Lipinski definition) is 2. The van der Waals surface area contributed by atoms with Gasteiger partial charge in [0.2, 0.25) is 5.91 Å². The molecule has 5 heteroatoms. The molecule has 1 aromatic heterocycles. The summed E-state index contributed by atoms with van der Waals surface area (Å²) in [6.45, 7) is 8.78. The minimum Gasteiger partial charge on any atom is -0.355 e. The number of aromatic nitrogens is 2. The van der Waals surface area contributed by atoms with E-state index in [0.29, 0.717) is 13.1 Å². The van der Waals surface area contributed by atoms with Crippen LogP contribution in [0.4, 0.5) is 0 Å². The van der Waals surface area contributed by atoms with Gasteiger partial charge in [0, 0.05) is 18.8 Å². The monoisotopic (exact) mass is 238 g/mol. The quantitative estimate of drug-likeness (QED) is 0.684. The molecule has 0 atom stereocenters. The Bertz CT molecular complexity index is 359. The molecule has 1 rings (SSSR count). The lowest BCUT2D eigenvalue weighted by Gasteiger charge is -2.06. The summed E-state index contributed by atoms with van der Waals surface area (Å²) in [6.07, 6.45) is 0.903. The van der Waals surface area contributed by atoms with Gasteiger partial charge in [-0.25, -0.2) is 0 Å². The zero-order chi connectivity index (χ0) is 12.7. The van der Waals surface area contributed by atoms with E-state index in [1.807, 2.05) is 25.5 Å². The maximum atomic E-state index is 11.3. The predicted octanol–water partition coefficient (Wildman–Crippen LogP) is 0.616. The lowest BCUT2D eigenvalue weighted by atomic mass is 10.4. The van der Waals surface area contributed by atoms with Crippen LogP contribution in [0.2, 0.25) is 0 Å². The molecule has 0 spiro atoms. The van der Waals surface area contributed by atoms with Crippen molar-refractivity contribution in [2.24, 2.45) is 0 Å². The minimum atomic E-state index is 0.0558. The van der Waals surface area contributed by atoms with Crippen molar-refractivity contribution < 1.29 is 4.79 Å². The van der Waals surface area contributed by atoms with E-state index in [-0.39, 0.29) is 5.91 Å². The van der Waals surface area contributed by atoms with Crippen molar-refractivity contribution in [1.82, 2.24) is 20.4 Å². The number of nitrogens with zero attached hydrogens (tertiary/aromatic N) is 2. The highest BCUT2D eigenvalue weighted by atomic mass is 16.1. The highest BCUT2D eigenvalue weighted by molar-refractivity contribution is 5.77. The number of nitrogens with one attached hydrogen (secondary N) is 2. The molecule has 96 valence electrons. The molecule has 0 unspecified atom stereocenters. The number of aryl methyl sites for hydroxylation is 3. The van der Waals surface area contributed by atoms with Crippen LogP contribution in [0.1, 0.15) is 24.7 Å². The van der Waals surface area contributed by atoms with Gasteiger partial charge >= 0.3 is 0 Å². The van der Waals surface area contributed by atoms with E-state index >= 15 is 0 Å². The first kappa shape index (κ1) is 13.7. The van der Waals surface area contributed by atoms with E-state index in [0.717, 1.165) is 25.2 Å². The molecule has 0 aliphatic carbocycles. The third-order valence-corrected chi connectivity index (χ3v) is 2.51. The van der Waals surface area contributed by atoms with Gasteiger partial charge in [0.15, 0.2) is 0 Å². The fourth-order valence-electron chi connectivity index (χ4n) is 1.66. The highest BCUT2D eigenvalue weighted by Gasteiger charge is 2.01. The van der Waals surface area contributed by atoms with Crippen LogP contribution in [-0.4, -0.2) is 35.3 Å². The first-order valence-electron chi connectivity index (χ1n) is 6.12. The molecule has 1 heterocycles. The fraction of sp³-hybridized carbons (Fsp3) is 0.667. The summed E-state index contributed by atoms with van der Waals surface area (Å²) in [5.74, 6) is 0.0558. The number of amides is 1. The van der Waals surface area contributed by atoms with Gasteiger partial charge in [-0.15, -0.1) is 0 Å². The normalized spacial score (nSPS) is 10.5. The Labute approximate surface area is 103 Å². The second-order valence-corrected chi connectivity index (χ2v) is 4.13. The van der Waals surface area contributed by atoms with Gasteiger partial charge in [-0.3, -0.25) is 9.48 Å². The summed E-state index contributed by atoms with van der Waals surface area (Å²) in [5.41, 5.74) is 2.21. The van der Waals surface area contributed by atoms with Crippen LogP contribution < -0.4 is 10.6 Å². The SMILES string of the molecule is CCNCC(=O)NCCCn1nc(C)cc1C. The van der Waals surface area contributed by atoms with Gasteiger partial charge in [-0.2, -0.15) is 5.10 Å². The van der Waals surface area contributed by atoms with Crippen LogP contribution in [0, 0.1) is 13.8 Å². The van der Waals surface area contributed by atoms with Crippen molar-refractivity contribution in [1.29, 1.82) is 0 Å². The van der Waals surface area contributed by atoms with Gasteiger partial charge in [-0.05, 0) is 32.9 Å². The summed E-state index contributed by atoms with van der Waals surface area (Å²) in [7, 11) is 0. The van der Waals surface area contributed by atoms with Crippen LogP contribution in [0.15, 0.2) is 6.07 Å². The zero-order valence-corrected chi connectivity index (χ0v) is 10.9.